The zero-order valence-corrected chi connectivity index (χ0v) is 9.43. The van der Waals surface area contributed by atoms with Crippen LogP contribution in [0.5, 0.6) is 0 Å². The second kappa shape index (κ2) is 7.85. The molecule has 0 aromatic carbocycles. The second-order valence-corrected chi connectivity index (χ2v) is 2.83. The van der Waals surface area contributed by atoms with Gasteiger partial charge in [-0.3, -0.25) is 0 Å². The molecular formula is C13H22. The second-order valence-electron chi connectivity index (χ2n) is 2.83. The maximum atomic E-state index is 2.24. The standard InChI is InChI=1S/C11H16.C2H6/c1-3-10(4-2)11-8-6-5-7-9-11;1-2/h3,5-6,8H,4,7,9H2,1-2H3;1-2H3/b10-3+;. The Bertz CT molecular complexity index is 204. The minimum atomic E-state index is 1.16. The average Bonchev–Trinajstić information content (AvgIpc) is 2.24. The summed E-state index contributed by atoms with van der Waals surface area (Å²) in [6, 6.07) is 0. The largest absolute Gasteiger partial charge is 0.0842 e. The third-order valence-corrected chi connectivity index (χ3v) is 2.16. The van der Waals surface area contributed by atoms with Gasteiger partial charge in [-0.15, -0.1) is 0 Å². The first-order valence-electron chi connectivity index (χ1n) is 5.39. The summed E-state index contributed by atoms with van der Waals surface area (Å²) in [5.41, 5.74) is 3.03. The molecule has 0 amide bonds. The zero-order chi connectivity index (χ0) is 10.1. The summed E-state index contributed by atoms with van der Waals surface area (Å²) in [4.78, 5) is 0. The lowest BCUT2D eigenvalue weighted by Crippen LogP contribution is -1.90. The minimum absolute atomic E-state index is 1.16. The van der Waals surface area contributed by atoms with E-state index in [0.29, 0.717) is 0 Å². The fourth-order valence-corrected chi connectivity index (χ4v) is 1.49. The number of rotatable bonds is 2. The van der Waals surface area contributed by atoms with Gasteiger partial charge in [-0.25, -0.2) is 0 Å². The molecule has 0 heterocycles. The van der Waals surface area contributed by atoms with E-state index in [2.05, 4.69) is 38.2 Å². The molecule has 0 bridgehead atoms. The molecule has 0 saturated carbocycles. The normalized spacial score (nSPS) is 16.0. The van der Waals surface area contributed by atoms with Crippen LogP contribution in [0.15, 0.2) is 35.5 Å². The van der Waals surface area contributed by atoms with E-state index in [1.165, 1.54) is 24.0 Å². The predicted molar refractivity (Wildman–Crippen MR) is 61.9 cm³/mol. The van der Waals surface area contributed by atoms with Crippen molar-refractivity contribution in [1.29, 1.82) is 0 Å². The molecule has 0 saturated heterocycles. The van der Waals surface area contributed by atoms with Gasteiger partial charge in [-0.05, 0) is 37.3 Å². The molecule has 0 unspecified atom stereocenters. The van der Waals surface area contributed by atoms with E-state index in [-0.39, 0.29) is 0 Å². The monoisotopic (exact) mass is 178 g/mol. The van der Waals surface area contributed by atoms with Crippen LogP contribution in [0.1, 0.15) is 47.0 Å². The van der Waals surface area contributed by atoms with Crippen LogP contribution in [0.25, 0.3) is 0 Å². The Hall–Kier alpha value is -0.780. The molecule has 74 valence electrons. The Morgan fingerprint density at radius 1 is 1.46 bits per heavy atom. The van der Waals surface area contributed by atoms with Crippen molar-refractivity contribution in [2.24, 2.45) is 0 Å². The van der Waals surface area contributed by atoms with Gasteiger partial charge in [0.1, 0.15) is 0 Å². The van der Waals surface area contributed by atoms with E-state index < -0.39 is 0 Å². The van der Waals surface area contributed by atoms with E-state index in [1.807, 2.05) is 13.8 Å². The van der Waals surface area contributed by atoms with Gasteiger partial charge in [0.2, 0.25) is 0 Å². The Morgan fingerprint density at radius 3 is 2.54 bits per heavy atom. The van der Waals surface area contributed by atoms with E-state index >= 15 is 0 Å². The lowest BCUT2D eigenvalue weighted by atomic mass is 9.96. The van der Waals surface area contributed by atoms with Gasteiger partial charge in [0.15, 0.2) is 0 Å². The fraction of sp³-hybridized carbons (Fsp3) is 0.538. The van der Waals surface area contributed by atoms with Crippen LogP contribution >= 0.6 is 0 Å². The van der Waals surface area contributed by atoms with Crippen LogP contribution in [0.3, 0.4) is 0 Å². The van der Waals surface area contributed by atoms with Crippen LogP contribution < -0.4 is 0 Å². The lowest BCUT2D eigenvalue weighted by molar-refractivity contribution is 0.936. The summed E-state index contributed by atoms with van der Waals surface area (Å²) in [6.45, 7) is 8.34. The van der Waals surface area contributed by atoms with Crippen LogP contribution in [0.4, 0.5) is 0 Å². The van der Waals surface area contributed by atoms with Crippen LogP contribution in [-0.2, 0) is 0 Å². The highest BCUT2D eigenvalue weighted by Crippen LogP contribution is 2.21. The Morgan fingerprint density at radius 2 is 2.15 bits per heavy atom. The highest BCUT2D eigenvalue weighted by molar-refractivity contribution is 5.35. The molecule has 1 rings (SSSR count). The predicted octanol–water partition coefficient (Wildman–Crippen LogP) is 4.65. The fourth-order valence-electron chi connectivity index (χ4n) is 1.49. The number of hydrogen-bond donors (Lipinski definition) is 0. The average molecular weight is 178 g/mol. The van der Waals surface area contributed by atoms with E-state index in [4.69, 9.17) is 0 Å². The molecule has 1 aliphatic rings. The molecule has 0 atom stereocenters. The highest BCUT2D eigenvalue weighted by atomic mass is 14.1. The van der Waals surface area contributed by atoms with Crippen LogP contribution in [0, 0.1) is 0 Å². The Balaban J connectivity index is 0.000000671. The third-order valence-electron chi connectivity index (χ3n) is 2.16. The SMILES string of the molecule is C/C=C(\CC)C1=CC=CCC1.CC. The van der Waals surface area contributed by atoms with E-state index in [1.54, 1.807) is 0 Å². The van der Waals surface area contributed by atoms with Gasteiger partial charge >= 0.3 is 0 Å². The Labute approximate surface area is 83.0 Å². The summed E-state index contributed by atoms with van der Waals surface area (Å²) in [5, 5.41) is 0. The van der Waals surface area contributed by atoms with Crippen molar-refractivity contribution >= 4 is 0 Å². The smallest absolute Gasteiger partial charge is 0.0241 e. The summed E-state index contributed by atoms with van der Waals surface area (Å²) < 4.78 is 0. The minimum Gasteiger partial charge on any atom is -0.0842 e. The van der Waals surface area contributed by atoms with Gasteiger partial charge in [-0.1, -0.05) is 45.1 Å². The molecule has 0 spiro atoms. The zero-order valence-electron chi connectivity index (χ0n) is 9.43. The summed E-state index contributed by atoms with van der Waals surface area (Å²) >= 11 is 0. The molecule has 0 heteroatoms. The van der Waals surface area contributed by atoms with Crippen molar-refractivity contribution < 1.29 is 0 Å². The first-order chi connectivity index (χ1) is 6.38. The molecule has 0 N–H and O–H groups in total. The topological polar surface area (TPSA) is 0 Å². The van der Waals surface area contributed by atoms with Gasteiger partial charge in [-0.2, -0.15) is 0 Å². The first-order valence-corrected chi connectivity index (χ1v) is 5.39. The maximum Gasteiger partial charge on any atom is -0.0241 e. The molecule has 0 aromatic heterocycles. The summed E-state index contributed by atoms with van der Waals surface area (Å²) in [6.07, 6.45) is 12.5. The molecule has 0 aliphatic heterocycles. The molecule has 0 nitrogen and oxygen atoms in total. The molecule has 13 heavy (non-hydrogen) atoms. The Kier molecular flexibility index (Phi) is 7.38. The van der Waals surface area contributed by atoms with Crippen molar-refractivity contribution in [3.63, 3.8) is 0 Å². The van der Waals surface area contributed by atoms with Gasteiger partial charge in [0.05, 0.1) is 0 Å². The molecule has 1 aliphatic carbocycles. The van der Waals surface area contributed by atoms with Crippen LogP contribution in [0.2, 0.25) is 0 Å². The van der Waals surface area contributed by atoms with Crippen molar-refractivity contribution in [1.82, 2.24) is 0 Å². The molecule has 0 radical (unpaired) electrons. The van der Waals surface area contributed by atoms with Gasteiger partial charge < -0.3 is 0 Å². The van der Waals surface area contributed by atoms with E-state index in [9.17, 15) is 0 Å². The van der Waals surface area contributed by atoms with Crippen LogP contribution in [-0.4, -0.2) is 0 Å². The van der Waals surface area contributed by atoms with Crippen molar-refractivity contribution in [2.75, 3.05) is 0 Å². The number of allylic oxidation sites excluding steroid dienone is 6. The van der Waals surface area contributed by atoms with Crippen molar-refractivity contribution in [2.45, 2.75) is 47.0 Å². The third kappa shape index (κ3) is 4.12. The summed E-state index contributed by atoms with van der Waals surface area (Å²) in [7, 11) is 0. The van der Waals surface area contributed by atoms with Gasteiger partial charge in [0, 0.05) is 0 Å². The lowest BCUT2D eigenvalue weighted by Gasteiger charge is -2.10. The highest BCUT2D eigenvalue weighted by Gasteiger charge is 2.02. The first kappa shape index (κ1) is 12.2. The van der Waals surface area contributed by atoms with Crippen molar-refractivity contribution in [3.05, 3.63) is 35.5 Å². The van der Waals surface area contributed by atoms with Crippen molar-refractivity contribution in [3.8, 4) is 0 Å². The van der Waals surface area contributed by atoms with E-state index in [0.717, 1.165) is 6.42 Å². The number of hydrogen-bond acceptors (Lipinski definition) is 0. The van der Waals surface area contributed by atoms with Gasteiger partial charge in [0.25, 0.3) is 0 Å². The summed E-state index contributed by atoms with van der Waals surface area (Å²) in [5.74, 6) is 0. The molecular weight excluding hydrogens is 156 g/mol. The maximum absolute atomic E-state index is 2.24. The molecule has 0 aromatic rings. The molecule has 0 fully saturated rings. The quantitative estimate of drug-likeness (QED) is 0.577.